The molecule has 3 saturated heterocycles. The van der Waals surface area contributed by atoms with Crippen LogP contribution in [0.3, 0.4) is 0 Å². The fourth-order valence-corrected chi connectivity index (χ4v) is 12.1. The second-order valence-corrected chi connectivity index (χ2v) is 20.4. The van der Waals surface area contributed by atoms with Crippen molar-refractivity contribution in [2.75, 3.05) is 58.4 Å². The predicted octanol–water partition coefficient (Wildman–Crippen LogP) is 8.96. The van der Waals surface area contributed by atoms with Gasteiger partial charge in [0, 0.05) is 91.9 Å². The van der Waals surface area contributed by atoms with Crippen molar-refractivity contribution in [1.29, 1.82) is 0 Å². The van der Waals surface area contributed by atoms with Crippen molar-refractivity contribution in [3.8, 4) is 28.4 Å². The number of anilines is 1. The summed E-state index contributed by atoms with van der Waals surface area (Å²) in [4.78, 5) is 70.0. The van der Waals surface area contributed by atoms with E-state index in [-0.39, 0.29) is 75.9 Å². The van der Waals surface area contributed by atoms with Crippen molar-refractivity contribution in [3.63, 3.8) is 0 Å². The summed E-state index contributed by atoms with van der Waals surface area (Å²) < 4.78 is 49.6. The van der Waals surface area contributed by atoms with Gasteiger partial charge in [-0.25, -0.2) is 13.6 Å². The van der Waals surface area contributed by atoms with Crippen LogP contribution in [0, 0.1) is 29.4 Å². The first-order valence-corrected chi connectivity index (χ1v) is 25.6. The number of ether oxygens (including phenoxy) is 3. The second-order valence-electron chi connectivity index (χ2n) is 20.1. The Bertz CT molecular complexity index is 2720. The van der Waals surface area contributed by atoms with Crippen molar-refractivity contribution in [2.24, 2.45) is 23.5 Å². The summed E-state index contributed by atoms with van der Waals surface area (Å²) in [5.41, 5.74) is 6.45. The zero-order valence-electron chi connectivity index (χ0n) is 41.1. The summed E-state index contributed by atoms with van der Waals surface area (Å²) in [6.45, 7) is 5.30. The summed E-state index contributed by atoms with van der Waals surface area (Å²) in [5.74, 6) is -1.81. The van der Waals surface area contributed by atoms with Crippen LogP contribution in [0.15, 0.2) is 66.7 Å². The van der Waals surface area contributed by atoms with Crippen LogP contribution in [0.2, 0.25) is 5.02 Å². The fourth-order valence-electron chi connectivity index (χ4n) is 11.8. The summed E-state index contributed by atoms with van der Waals surface area (Å²) in [7, 11) is 2.80. The molecule has 0 aromatic heterocycles. The average molecular weight is 1010 g/mol. The molecule has 0 spiro atoms. The number of amides is 6. The Labute approximate surface area is 423 Å². The zero-order valence-corrected chi connectivity index (χ0v) is 41.8. The monoisotopic (exact) mass is 1010 g/mol. The van der Waals surface area contributed by atoms with Gasteiger partial charge in [-0.05, 0) is 99.1 Å². The average Bonchev–Trinajstić information content (AvgIpc) is 3.68. The highest BCUT2D eigenvalue weighted by atomic mass is 35.5. The van der Waals surface area contributed by atoms with Crippen LogP contribution in [0.25, 0.3) is 11.1 Å². The molecule has 4 fully saturated rings. The van der Waals surface area contributed by atoms with Gasteiger partial charge in [-0.15, -0.1) is 0 Å². The number of methoxy groups -OCH3 is 2. The Morgan fingerprint density at radius 2 is 1.46 bits per heavy atom. The number of benzene rings is 4. The van der Waals surface area contributed by atoms with Crippen LogP contribution in [-0.4, -0.2) is 99.0 Å². The normalized spacial score (nSPS) is 22.8. The van der Waals surface area contributed by atoms with Gasteiger partial charge in [-0.2, -0.15) is 0 Å². The lowest BCUT2D eigenvalue weighted by molar-refractivity contribution is -0.138. The van der Waals surface area contributed by atoms with E-state index in [0.29, 0.717) is 54.0 Å². The SMILES string of the molecule is COc1ccc(C(=O)N2CCC(CCC3CCN(C(=O)C4CCC(NC[C@]5(c6ccccc6)Oc6cc(F)c(Cl)c(-c7c(C(N)=O)ccc(OC)c7F)c6[C@@H]5C)CC4)CC3)CC2)cc1N1CCC(=O)NC1=O. The molecule has 72 heavy (non-hydrogen) atoms. The summed E-state index contributed by atoms with van der Waals surface area (Å²) >= 11 is 6.70. The molecule has 4 aliphatic heterocycles. The van der Waals surface area contributed by atoms with Gasteiger partial charge >= 0.3 is 6.03 Å². The number of primary amides is 1. The number of carbonyl (C=O) groups is 5. The molecule has 2 atom stereocenters. The quantitative estimate of drug-likeness (QED) is 0.112. The first-order chi connectivity index (χ1) is 34.7. The van der Waals surface area contributed by atoms with Crippen molar-refractivity contribution < 1.29 is 47.0 Å². The standard InChI is InChI=1S/C55H63ClF2N6O8/c1-32-46-44(30-40(57)49(56)48(46)47-39(51(59)66)16-18-43(71-3)50(47)58)72-55(32,37-7-5-4-6-8-37)31-60-38-14-11-35(12-15-38)52(67)62-24-19-33(20-25-62)9-10-34-21-26-63(27-22-34)53(68)36-13-17-42(70-2)41(29-36)64-28-23-45(65)61-54(64)69/h4-8,13,16-18,29-30,32-35,38,60H,9-12,14-15,19-28,31H2,1-3H3,(H2,59,66)(H,61,65,69)/t32-,35?,38?,55-/m0/s1. The Morgan fingerprint density at radius 3 is 2.08 bits per heavy atom. The van der Waals surface area contributed by atoms with Gasteiger partial charge in [0.15, 0.2) is 17.2 Å². The lowest BCUT2D eigenvalue weighted by atomic mass is 9.77. The first kappa shape index (κ1) is 50.7. The van der Waals surface area contributed by atoms with Crippen molar-refractivity contribution in [2.45, 2.75) is 95.1 Å². The number of nitrogens with two attached hydrogens (primary N) is 1. The number of fused-ring (bicyclic) bond motifs is 1. The van der Waals surface area contributed by atoms with Gasteiger partial charge in [-0.3, -0.25) is 29.4 Å². The van der Waals surface area contributed by atoms with Gasteiger partial charge < -0.3 is 35.1 Å². The molecule has 9 rings (SSSR count). The number of nitrogens with one attached hydrogen (secondary N) is 2. The summed E-state index contributed by atoms with van der Waals surface area (Å²) in [6, 6.07) is 18.1. The van der Waals surface area contributed by atoms with Crippen molar-refractivity contribution in [3.05, 3.63) is 106 Å². The number of halogens is 3. The molecule has 4 heterocycles. The highest BCUT2D eigenvalue weighted by molar-refractivity contribution is 6.34. The van der Waals surface area contributed by atoms with Gasteiger partial charge in [0.1, 0.15) is 17.3 Å². The minimum atomic E-state index is -1.07. The maximum atomic E-state index is 16.2. The smallest absolute Gasteiger partial charge is 0.328 e. The Kier molecular flexibility index (Phi) is 15.1. The van der Waals surface area contributed by atoms with Crippen LogP contribution in [0.5, 0.6) is 17.2 Å². The minimum absolute atomic E-state index is 0.00705. The number of piperidine rings is 2. The lowest BCUT2D eigenvalue weighted by Gasteiger charge is -2.39. The molecule has 382 valence electrons. The van der Waals surface area contributed by atoms with E-state index >= 15 is 8.78 Å². The number of likely N-dealkylation sites (tertiary alicyclic amines) is 2. The van der Waals surface area contributed by atoms with Crippen LogP contribution in [0.4, 0.5) is 19.3 Å². The minimum Gasteiger partial charge on any atom is -0.495 e. The van der Waals surface area contributed by atoms with Gasteiger partial charge in [-0.1, -0.05) is 61.7 Å². The van der Waals surface area contributed by atoms with Gasteiger partial charge in [0.05, 0.1) is 30.5 Å². The summed E-state index contributed by atoms with van der Waals surface area (Å²) in [6.07, 6.45) is 9.25. The molecule has 4 N–H and O–H groups in total. The number of hydrogen-bond acceptors (Lipinski definition) is 9. The maximum absolute atomic E-state index is 16.2. The number of nitrogens with zero attached hydrogens (tertiary/aromatic N) is 3. The Morgan fingerprint density at radius 1 is 0.819 bits per heavy atom. The van der Waals surface area contributed by atoms with Crippen molar-refractivity contribution >= 4 is 46.9 Å². The molecule has 14 nitrogen and oxygen atoms in total. The Balaban J connectivity index is 0.759. The number of carbonyl (C=O) groups excluding carboxylic acids is 5. The van der Waals surface area contributed by atoms with E-state index in [2.05, 4.69) is 15.5 Å². The highest BCUT2D eigenvalue weighted by Crippen LogP contribution is 2.56. The lowest BCUT2D eigenvalue weighted by Crippen LogP contribution is -2.49. The summed E-state index contributed by atoms with van der Waals surface area (Å²) in [5, 5.41) is 5.72. The van der Waals surface area contributed by atoms with Gasteiger partial charge in [0.2, 0.25) is 17.7 Å². The van der Waals surface area contributed by atoms with E-state index < -0.39 is 35.1 Å². The largest absolute Gasteiger partial charge is 0.495 e. The third-order valence-corrected chi connectivity index (χ3v) is 16.4. The molecule has 6 amide bonds. The number of rotatable bonds is 14. The van der Waals surface area contributed by atoms with E-state index in [1.54, 1.807) is 18.2 Å². The van der Waals surface area contributed by atoms with Gasteiger partial charge in [0.25, 0.3) is 5.91 Å². The second kappa shape index (κ2) is 21.4. The topological polar surface area (TPSA) is 173 Å². The molecule has 0 radical (unpaired) electrons. The molecule has 5 aliphatic rings. The van der Waals surface area contributed by atoms with E-state index in [9.17, 15) is 24.0 Å². The van der Waals surface area contributed by atoms with Crippen LogP contribution < -0.4 is 35.5 Å². The van der Waals surface area contributed by atoms with E-state index in [4.69, 9.17) is 31.5 Å². The fraction of sp³-hybridized carbons (Fsp3) is 0.473. The van der Waals surface area contributed by atoms with Crippen LogP contribution in [0.1, 0.15) is 115 Å². The van der Waals surface area contributed by atoms with Crippen LogP contribution in [-0.2, 0) is 15.2 Å². The van der Waals surface area contributed by atoms with E-state index in [0.717, 1.165) is 82.9 Å². The van der Waals surface area contributed by atoms with E-state index in [1.807, 2.05) is 42.2 Å². The zero-order chi connectivity index (χ0) is 50.8. The maximum Gasteiger partial charge on any atom is 0.328 e. The molecular formula is C55H63ClF2N6O8. The molecule has 17 heteroatoms. The molecule has 0 bridgehead atoms. The third kappa shape index (κ3) is 9.96. The molecular weight excluding hydrogens is 946 g/mol. The number of imide groups is 1. The molecule has 0 unspecified atom stereocenters. The molecule has 1 saturated carbocycles. The van der Waals surface area contributed by atoms with Crippen molar-refractivity contribution in [1.82, 2.24) is 20.4 Å². The first-order valence-electron chi connectivity index (χ1n) is 25.2. The number of hydrogen-bond donors (Lipinski definition) is 3. The number of urea groups is 1. The van der Waals surface area contributed by atoms with Crippen LogP contribution >= 0.6 is 11.6 Å². The van der Waals surface area contributed by atoms with E-state index in [1.165, 1.54) is 37.3 Å². The predicted molar refractivity (Wildman–Crippen MR) is 268 cm³/mol. The molecule has 4 aromatic carbocycles. The highest BCUT2D eigenvalue weighted by Gasteiger charge is 2.50. The molecule has 4 aromatic rings. The third-order valence-electron chi connectivity index (χ3n) is 16.1. The molecule has 1 aliphatic carbocycles. The Hall–Kier alpha value is -6.26.